The van der Waals surface area contributed by atoms with E-state index in [1.807, 2.05) is 6.92 Å². The van der Waals surface area contributed by atoms with E-state index in [0.29, 0.717) is 18.6 Å². The normalized spacial score (nSPS) is 10.5. The quantitative estimate of drug-likeness (QED) is 0.425. The van der Waals surface area contributed by atoms with Crippen LogP contribution in [0.15, 0.2) is 42.5 Å². The molecular formula is C17H18N2O5S. The zero-order valence-corrected chi connectivity index (χ0v) is 14.4. The number of nitrogens with one attached hydrogen (secondary N) is 2. The maximum atomic E-state index is 11.4. The number of thiol groups is 1. The first-order valence-electron chi connectivity index (χ1n) is 7.55. The third kappa shape index (κ3) is 4.80. The van der Waals surface area contributed by atoms with E-state index in [1.54, 1.807) is 30.3 Å². The van der Waals surface area contributed by atoms with E-state index in [2.05, 4.69) is 4.72 Å². The van der Waals surface area contributed by atoms with Gasteiger partial charge in [-0.05, 0) is 30.7 Å². The standard InChI is InChI=1S/C17H18N2O5S/c1-2-6-14(18)13-9-11(17(20)21)10-15(19-25(22)23)16(13)24-12-7-4-3-5-8-12/h3-5,7-10,18,25H,2,6H2,1H3,(H,20,21)(H,19,22,23). The summed E-state index contributed by atoms with van der Waals surface area (Å²) >= 11 is 0. The number of carbonyl (C=O) groups is 1. The molecule has 2 rings (SSSR count). The average molecular weight is 362 g/mol. The van der Waals surface area contributed by atoms with Crippen LogP contribution in [0.3, 0.4) is 0 Å². The Morgan fingerprint density at radius 3 is 2.48 bits per heavy atom. The molecule has 0 aliphatic rings. The molecule has 0 spiro atoms. The number of rotatable bonds is 8. The lowest BCUT2D eigenvalue weighted by atomic mass is 10.0. The molecule has 0 bridgehead atoms. The Hall–Kier alpha value is -2.87. The fourth-order valence-corrected chi connectivity index (χ4v) is 2.62. The number of carboxylic acid groups (broad SMARTS) is 1. The Morgan fingerprint density at radius 2 is 1.92 bits per heavy atom. The van der Waals surface area contributed by atoms with Crippen molar-refractivity contribution in [2.24, 2.45) is 0 Å². The van der Waals surface area contributed by atoms with Crippen LogP contribution in [0.25, 0.3) is 0 Å². The molecule has 0 fully saturated rings. The van der Waals surface area contributed by atoms with E-state index >= 15 is 0 Å². The second-order valence-corrected chi connectivity index (χ2v) is 5.96. The Balaban J connectivity index is 2.64. The smallest absolute Gasteiger partial charge is 0.335 e. The Labute approximate surface area is 146 Å². The zero-order valence-electron chi connectivity index (χ0n) is 13.5. The molecule has 0 radical (unpaired) electrons. The zero-order chi connectivity index (χ0) is 18.4. The molecule has 0 aliphatic carbocycles. The van der Waals surface area contributed by atoms with Crippen LogP contribution >= 0.6 is 0 Å². The lowest BCUT2D eigenvalue weighted by Crippen LogP contribution is -2.09. The number of para-hydroxylation sites is 1. The molecule has 132 valence electrons. The number of anilines is 1. The van der Waals surface area contributed by atoms with Crippen LogP contribution in [0, 0.1) is 5.41 Å². The van der Waals surface area contributed by atoms with Crippen molar-refractivity contribution in [2.45, 2.75) is 19.8 Å². The predicted octanol–water partition coefficient (Wildman–Crippen LogP) is 3.28. The molecule has 25 heavy (non-hydrogen) atoms. The van der Waals surface area contributed by atoms with Gasteiger partial charge in [-0.2, -0.15) is 0 Å². The topological polar surface area (TPSA) is 117 Å². The van der Waals surface area contributed by atoms with Crippen molar-refractivity contribution >= 4 is 28.3 Å². The first-order valence-corrected chi connectivity index (χ1v) is 8.73. The summed E-state index contributed by atoms with van der Waals surface area (Å²) in [4.78, 5) is 11.4. The number of aromatic carboxylic acids is 1. The lowest BCUT2D eigenvalue weighted by molar-refractivity contribution is 0.0697. The van der Waals surface area contributed by atoms with Crippen molar-refractivity contribution in [3.05, 3.63) is 53.6 Å². The first-order chi connectivity index (χ1) is 11.9. The van der Waals surface area contributed by atoms with Crippen LogP contribution in [-0.2, 0) is 10.9 Å². The van der Waals surface area contributed by atoms with Crippen LogP contribution in [0.1, 0.15) is 35.7 Å². The molecule has 0 atom stereocenters. The first kappa shape index (κ1) is 18.5. The van der Waals surface area contributed by atoms with Crippen LogP contribution in [-0.4, -0.2) is 25.2 Å². The SMILES string of the molecule is CCCC(=N)c1cc(C(=O)O)cc(N[SH](=O)=O)c1Oc1ccccc1. The van der Waals surface area contributed by atoms with E-state index in [-0.39, 0.29) is 28.3 Å². The molecule has 0 heterocycles. The molecule has 0 aromatic heterocycles. The molecule has 0 amide bonds. The second-order valence-electron chi connectivity index (χ2n) is 5.22. The highest BCUT2D eigenvalue weighted by Crippen LogP contribution is 2.36. The van der Waals surface area contributed by atoms with Crippen LogP contribution in [0.2, 0.25) is 0 Å². The van der Waals surface area contributed by atoms with Crippen LogP contribution in [0.5, 0.6) is 11.5 Å². The van der Waals surface area contributed by atoms with Gasteiger partial charge in [0, 0.05) is 11.3 Å². The molecule has 0 aliphatic heterocycles. The van der Waals surface area contributed by atoms with Gasteiger partial charge in [-0.25, -0.2) is 13.2 Å². The Morgan fingerprint density at radius 1 is 1.24 bits per heavy atom. The van der Waals surface area contributed by atoms with Gasteiger partial charge in [0.25, 0.3) is 0 Å². The van der Waals surface area contributed by atoms with Gasteiger partial charge >= 0.3 is 5.97 Å². The van der Waals surface area contributed by atoms with Crippen LogP contribution in [0.4, 0.5) is 5.69 Å². The largest absolute Gasteiger partial charge is 0.478 e. The van der Waals surface area contributed by atoms with Crippen molar-refractivity contribution in [2.75, 3.05) is 4.72 Å². The molecule has 7 nitrogen and oxygen atoms in total. The van der Waals surface area contributed by atoms with E-state index in [9.17, 15) is 18.3 Å². The average Bonchev–Trinajstić information content (AvgIpc) is 2.56. The number of hydrogen-bond donors (Lipinski definition) is 4. The lowest BCUT2D eigenvalue weighted by Gasteiger charge is -2.17. The maximum Gasteiger partial charge on any atom is 0.335 e. The fraction of sp³-hybridized carbons (Fsp3) is 0.176. The molecule has 8 heteroatoms. The summed E-state index contributed by atoms with van der Waals surface area (Å²) < 4.78 is 30.2. The number of benzene rings is 2. The molecule has 0 unspecified atom stereocenters. The van der Waals surface area contributed by atoms with Gasteiger partial charge in [0.1, 0.15) is 5.75 Å². The summed E-state index contributed by atoms with van der Waals surface area (Å²) in [5.74, 6) is -0.671. The minimum atomic E-state index is -3.03. The van der Waals surface area contributed by atoms with Gasteiger partial charge in [0.2, 0.25) is 10.9 Å². The molecule has 2 aromatic rings. The number of carboxylic acids is 1. The Kier molecular flexibility index (Phi) is 6.13. The second kappa shape index (κ2) is 8.29. The van der Waals surface area contributed by atoms with E-state index in [1.165, 1.54) is 12.1 Å². The molecule has 2 aromatic carbocycles. The van der Waals surface area contributed by atoms with Crippen molar-refractivity contribution in [1.29, 1.82) is 5.41 Å². The van der Waals surface area contributed by atoms with Crippen LogP contribution < -0.4 is 9.46 Å². The highest BCUT2D eigenvalue weighted by Gasteiger charge is 2.19. The fourth-order valence-electron chi connectivity index (χ4n) is 2.26. The molecule has 3 N–H and O–H groups in total. The van der Waals surface area contributed by atoms with Crippen molar-refractivity contribution in [1.82, 2.24) is 0 Å². The van der Waals surface area contributed by atoms with Crippen molar-refractivity contribution in [3.63, 3.8) is 0 Å². The Bertz CT molecular complexity index is 855. The van der Waals surface area contributed by atoms with Gasteiger partial charge in [0.15, 0.2) is 5.75 Å². The van der Waals surface area contributed by atoms with Gasteiger partial charge in [0.05, 0.1) is 11.3 Å². The van der Waals surface area contributed by atoms with Crippen molar-refractivity contribution < 1.29 is 23.1 Å². The summed E-state index contributed by atoms with van der Waals surface area (Å²) in [5.41, 5.74) is 0.261. The molecule has 0 saturated carbocycles. The van der Waals surface area contributed by atoms with E-state index in [4.69, 9.17) is 10.1 Å². The van der Waals surface area contributed by atoms with Gasteiger partial charge < -0.3 is 15.3 Å². The van der Waals surface area contributed by atoms with E-state index in [0.717, 1.165) is 0 Å². The van der Waals surface area contributed by atoms with Crippen molar-refractivity contribution in [3.8, 4) is 11.5 Å². The third-order valence-corrected chi connectivity index (χ3v) is 3.76. The predicted molar refractivity (Wildman–Crippen MR) is 95.6 cm³/mol. The maximum absolute atomic E-state index is 11.4. The number of hydrogen-bond acceptors (Lipinski definition) is 5. The van der Waals surface area contributed by atoms with Gasteiger partial charge in [-0.1, -0.05) is 31.5 Å². The highest BCUT2D eigenvalue weighted by atomic mass is 32.2. The minimum absolute atomic E-state index is 0.0179. The minimum Gasteiger partial charge on any atom is -0.478 e. The number of ether oxygens (including phenoxy) is 1. The van der Waals surface area contributed by atoms with Gasteiger partial charge in [-0.3, -0.25) is 4.72 Å². The summed E-state index contributed by atoms with van der Waals surface area (Å²) in [7, 11) is -3.03. The third-order valence-electron chi connectivity index (χ3n) is 3.34. The summed E-state index contributed by atoms with van der Waals surface area (Å²) in [5, 5.41) is 17.5. The summed E-state index contributed by atoms with van der Waals surface area (Å²) in [6, 6.07) is 11.2. The van der Waals surface area contributed by atoms with Gasteiger partial charge in [-0.15, -0.1) is 0 Å². The summed E-state index contributed by atoms with van der Waals surface area (Å²) in [6.45, 7) is 1.89. The summed E-state index contributed by atoms with van der Waals surface area (Å²) in [6.07, 6.45) is 1.08. The van der Waals surface area contributed by atoms with E-state index < -0.39 is 16.9 Å². The molecular weight excluding hydrogens is 344 g/mol. The molecule has 0 saturated heterocycles. The monoisotopic (exact) mass is 362 g/mol. The highest BCUT2D eigenvalue weighted by molar-refractivity contribution is 7.73.